The van der Waals surface area contributed by atoms with Gasteiger partial charge in [0.2, 0.25) is 5.91 Å². The average Bonchev–Trinajstić information content (AvgIpc) is 2.99. The van der Waals surface area contributed by atoms with E-state index in [1.807, 2.05) is 0 Å². The van der Waals surface area contributed by atoms with Crippen molar-refractivity contribution in [3.05, 3.63) is 71.5 Å². The van der Waals surface area contributed by atoms with Crippen LogP contribution in [0, 0.1) is 11.8 Å². The molecule has 1 aromatic carbocycles. The zero-order valence-electron chi connectivity index (χ0n) is 15.5. The molecule has 0 aliphatic heterocycles. The third kappa shape index (κ3) is 3.32. The Morgan fingerprint density at radius 3 is 2.92 bits per heavy atom. The maximum absolute atomic E-state index is 11.5. The number of carbonyl (C=O) groups is 1. The van der Waals surface area contributed by atoms with Gasteiger partial charge in [-0.15, -0.1) is 0 Å². The fourth-order valence-corrected chi connectivity index (χ4v) is 2.27. The highest BCUT2D eigenvalue weighted by Crippen LogP contribution is 2.22. The zero-order valence-corrected chi connectivity index (χ0v) is 13.3. The smallest absolute Gasteiger partial charge is 0.247 e. The van der Waals surface area contributed by atoms with Crippen molar-refractivity contribution < 1.29 is 8.91 Å². The Balaban J connectivity index is 2.12. The van der Waals surface area contributed by atoms with Crippen LogP contribution < -0.4 is 5.32 Å². The van der Waals surface area contributed by atoms with Crippen LogP contribution in [0.25, 0.3) is 11.0 Å². The number of rotatable bonds is 2. The number of benzene rings is 1. The van der Waals surface area contributed by atoms with Crippen LogP contribution in [0.2, 0.25) is 5.02 Å². The minimum Gasteiger partial charge on any atom is -0.334 e. The van der Waals surface area contributed by atoms with Crippen molar-refractivity contribution in [2.24, 2.45) is 6.98 Å². The van der Waals surface area contributed by atoms with Gasteiger partial charge < -0.3 is 9.88 Å². The molecule has 1 amide bonds. The molecule has 2 heterocycles. The summed E-state index contributed by atoms with van der Waals surface area (Å²) >= 11 is 5.87. The van der Waals surface area contributed by atoms with E-state index in [2.05, 4.69) is 28.7 Å². The number of halogens is 1. The monoisotopic (exact) mass is 338 g/mol. The maximum Gasteiger partial charge on any atom is 0.247 e. The second-order valence-electron chi connectivity index (χ2n) is 4.96. The van der Waals surface area contributed by atoms with Crippen molar-refractivity contribution >= 4 is 34.2 Å². The summed E-state index contributed by atoms with van der Waals surface area (Å²) in [5.41, 5.74) is 1.90. The van der Waals surface area contributed by atoms with Crippen molar-refractivity contribution in [3.63, 3.8) is 0 Å². The molecule has 4 nitrogen and oxygen atoms in total. The van der Waals surface area contributed by atoms with Gasteiger partial charge in [-0.1, -0.05) is 30.0 Å². The topological polar surface area (TPSA) is 46.9 Å². The molecule has 0 saturated carbocycles. The van der Waals surface area contributed by atoms with E-state index in [4.69, 9.17) is 15.7 Å². The number of anilines is 1. The first-order chi connectivity index (χ1) is 12.8. The van der Waals surface area contributed by atoms with Crippen LogP contribution in [0.1, 0.15) is 15.2 Å². The first-order valence-corrected chi connectivity index (χ1v) is 7.38. The fraction of sp³-hybridized carbons (Fsp3) is 0.0526. The third-order valence-corrected chi connectivity index (χ3v) is 3.53. The van der Waals surface area contributed by atoms with Gasteiger partial charge in [0.05, 0.1) is 17.4 Å². The summed E-state index contributed by atoms with van der Waals surface area (Å²) in [6.45, 7) is 0.994. The minimum absolute atomic E-state index is 0.256. The molecule has 1 N–H and O–H groups in total. The lowest BCUT2D eigenvalue weighted by Gasteiger charge is -2.02. The van der Waals surface area contributed by atoms with Crippen molar-refractivity contribution in [2.45, 2.75) is 0 Å². The number of nitrogens with one attached hydrogen (secondary N) is 1. The first-order valence-electron chi connectivity index (χ1n) is 8.50. The Morgan fingerprint density at radius 2 is 2.21 bits per heavy atom. The molecule has 0 radical (unpaired) electrons. The lowest BCUT2D eigenvalue weighted by atomic mass is 10.2. The van der Waals surface area contributed by atoms with Crippen molar-refractivity contribution in [1.29, 1.82) is 0 Å². The van der Waals surface area contributed by atoms with E-state index in [9.17, 15) is 4.79 Å². The van der Waals surface area contributed by atoms with Crippen LogP contribution in [-0.2, 0) is 11.8 Å². The summed E-state index contributed by atoms with van der Waals surface area (Å²) in [6, 6.07) is 8.62. The lowest BCUT2D eigenvalue weighted by Crippen LogP contribution is -2.07. The SMILES string of the molecule is [2H]C([2H])([2H])n1cc(C#Cc2ccc(Cl)cc2)c2cc(NC(=O)C=C)cnc21. The molecule has 0 atom stereocenters. The molecule has 0 unspecified atom stereocenters. The maximum atomic E-state index is 11.5. The molecule has 0 bridgehead atoms. The number of carbonyl (C=O) groups excluding carboxylic acids is 1. The Morgan fingerprint density at radius 1 is 1.42 bits per heavy atom. The molecule has 0 fully saturated rings. The number of pyridine rings is 1. The number of nitrogens with zero attached hydrogens (tertiary/aromatic N) is 2. The van der Waals surface area contributed by atoms with Crippen molar-refractivity contribution in [3.8, 4) is 11.8 Å². The Hall–Kier alpha value is -3.03. The molecule has 0 aliphatic rings. The number of hydrogen-bond acceptors (Lipinski definition) is 2. The molecule has 0 saturated heterocycles. The van der Waals surface area contributed by atoms with Gasteiger partial charge in [-0.05, 0) is 36.4 Å². The Labute approximate surface area is 149 Å². The van der Waals surface area contributed by atoms with Gasteiger partial charge in [0, 0.05) is 33.3 Å². The molecule has 24 heavy (non-hydrogen) atoms. The Bertz CT molecular complexity index is 1090. The first kappa shape index (κ1) is 12.4. The molecular weight excluding hydrogens is 322 g/mol. The van der Waals surface area contributed by atoms with Crippen LogP contribution in [-0.4, -0.2) is 15.5 Å². The number of amides is 1. The van der Waals surface area contributed by atoms with Gasteiger partial charge in [0.15, 0.2) is 0 Å². The summed E-state index contributed by atoms with van der Waals surface area (Å²) in [5, 5.41) is 3.73. The molecule has 3 aromatic rings. The second kappa shape index (κ2) is 6.61. The highest BCUT2D eigenvalue weighted by molar-refractivity contribution is 6.30. The second-order valence-corrected chi connectivity index (χ2v) is 5.39. The van der Waals surface area contributed by atoms with E-state index in [-0.39, 0.29) is 11.6 Å². The zero-order chi connectivity index (χ0) is 19.6. The number of fused-ring (bicyclic) bond motifs is 1. The molecule has 2 aromatic heterocycles. The van der Waals surface area contributed by atoms with Crippen LogP contribution in [0.5, 0.6) is 0 Å². The molecule has 0 spiro atoms. The van der Waals surface area contributed by atoms with Gasteiger partial charge in [0.1, 0.15) is 5.65 Å². The van der Waals surface area contributed by atoms with Gasteiger partial charge in [-0.25, -0.2) is 4.98 Å². The summed E-state index contributed by atoms with van der Waals surface area (Å²) in [4.78, 5) is 15.7. The molecule has 0 aliphatic carbocycles. The number of hydrogen-bond donors (Lipinski definition) is 1. The van der Waals surface area contributed by atoms with E-state index in [0.29, 0.717) is 21.7 Å². The summed E-state index contributed by atoms with van der Waals surface area (Å²) in [5.74, 6) is 5.56. The van der Waals surface area contributed by atoms with E-state index in [0.717, 1.165) is 16.2 Å². The van der Waals surface area contributed by atoms with Gasteiger partial charge in [-0.3, -0.25) is 4.79 Å². The number of aryl methyl sites for hydroxylation is 1. The quantitative estimate of drug-likeness (QED) is 0.571. The highest BCUT2D eigenvalue weighted by Gasteiger charge is 2.08. The summed E-state index contributed by atoms with van der Waals surface area (Å²) in [6.07, 6.45) is 3.97. The summed E-state index contributed by atoms with van der Waals surface area (Å²) in [7, 11) is 0. The molecule has 3 rings (SSSR count). The van der Waals surface area contributed by atoms with Crippen LogP contribution >= 0.6 is 11.6 Å². The van der Waals surface area contributed by atoms with Gasteiger partial charge in [-0.2, -0.15) is 0 Å². The predicted molar refractivity (Wildman–Crippen MR) is 97.0 cm³/mol. The average molecular weight is 339 g/mol. The minimum atomic E-state index is -2.41. The predicted octanol–water partition coefficient (Wildman–Crippen LogP) is 3.75. The van der Waals surface area contributed by atoms with Crippen molar-refractivity contribution in [1.82, 2.24) is 9.55 Å². The number of aromatic nitrogens is 2. The van der Waals surface area contributed by atoms with Crippen LogP contribution in [0.15, 0.2) is 55.4 Å². The van der Waals surface area contributed by atoms with E-state index in [1.54, 1.807) is 30.3 Å². The van der Waals surface area contributed by atoms with Crippen LogP contribution in [0.3, 0.4) is 0 Å². The van der Waals surface area contributed by atoms with Gasteiger partial charge >= 0.3 is 0 Å². The van der Waals surface area contributed by atoms with E-state index < -0.39 is 6.98 Å². The van der Waals surface area contributed by atoms with Crippen LogP contribution in [0.4, 0.5) is 5.69 Å². The molecular formula is C19H14ClN3O. The molecule has 118 valence electrons. The van der Waals surface area contributed by atoms with E-state index in [1.165, 1.54) is 12.4 Å². The largest absolute Gasteiger partial charge is 0.334 e. The standard InChI is InChI=1S/C19H14ClN3O/c1-3-18(24)22-16-10-17-14(12-23(2)19(17)21-11-16)7-4-13-5-8-15(20)9-6-13/h3,5-6,8-12H,1H2,2H3,(H,22,24)/i2D3. The van der Waals surface area contributed by atoms with Crippen molar-refractivity contribution in [2.75, 3.05) is 5.32 Å². The normalized spacial score (nSPS) is 12.5. The summed E-state index contributed by atoms with van der Waals surface area (Å²) < 4.78 is 24.2. The molecule has 5 heteroatoms. The lowest BCUT2D eigenvalue weighted by molar-refractivity contribution is -0.111. The third-order valence-electron chi connectivity index (χ3n) is 3.28. The van der Waals surface area contributed by atoms with Gasteiger partial charge in [0.25, 0.3) is 0 Å². The Kier molecular flexibility index (Phi) is 3.42. The fourth-order valence-electron chi connectivity index (χ4n) is 2.14. The highest BCUT2D eigenvalue weighted by atomic mass is 35.5. The van der Waals surface area contributed by atoms with E-state index >= 15 is 0 Å².